The van der Waals surface area contributed by atoms with Crippen molar-refractivity contribution in [2.45, 2.75) is 36.6 Å². The van der Waals surface area contributed by atoms with E-state index >= 15 is 0 Å². The monoisotopic (exact) mass is 370 g/mol. The Bertz CT molecular complexity index is 884. The number of methoxy groups -OCH3 is 1. The lowest BCUT2D eigenvalue weighted by Gasteiger charge is -2.29. The molecule has 136 valence electrons. The second kappa shape index (κ2) is 7.90. The maximum absolute atomic E-state index is 13.3. The Morgan fingerprint density at radius 2 is 1.73 bits per heavy atom. The molecule has 1 heterocycles. The number of hydrogen-bond donors (Lipinski definition) is 0. The van der Waals surface area contributed by atoms with Crippen LogP contribution in [0.3, 0.4) is 0 Å². The van der Waals surface area contributed by atoms with Gasteiger partial charge in [0.1, 0.15) is 5.75 Å². The number of hydrogen-bond acceptors (Lipinski definition) is 4. The molecular formula is C20H22N2O3S. The van der Waals surface area contributed by atoms with Crippen LogP contribution in [0.25, 0.3) is 0 Å². The third kappa shape index (κ3) is 3.74. The molecule has 2 aromatic rings. The predicted octanol–water partition coefficient (Wildman–Crippen LogP) is 3.87. The lowest BCUT2D eigenvalue weighted by molar-refractivity contribution is 0.328. The highest BCUT2D eigenvalue weighted by Crippen LogP contribution is 2.35. The molecule has 2 aromatic carbocycles. The van der Waals surface area contributed by atoms with E-state index in [1.165, 1.54) is 12.1 Å². The minimum atomic E-state index is -3.63. The molecule has 0 spiro atoms. The summed E-state index contributed by atoms with van der Waals surface area (Å²) < 4.78 is 33.4. The molecule has 1 atom stereocenters. The van der Waals surface area contributed by atoms with E-state index in [1.54, 1.807) is 23.5 Å². The summed E-state index contributed by atoms with van der Waals surface area (Å²) in [6, 6.07) is 15.6. The number of ether oxygens (including phenoxy) is 1. The van der Waals surface area contributed by atoms with Gasteiger partial charge in [-0.2, -0.15) is 9.57 Å². The standard InChI is InChI=1S/C20H22N2O3S/c1-25-18-10-8-17(9-11-18)20-5-3-2-4-14-22(20)26(23,24)19-12-6-16(15-21)7-13-19/h6-13,20H,2-5,14H2,1H3/t20-/m0/s1. The van der Waals surface area contributed by atoms with Crippen LogP contribution in [-0.4, -0.2) is 26.4 Å². The number of nitrogens with zero attached hydrogens (tertiary/aromatic N) is 2. The molecule has 0 N–H and O–H groups in total. The van der Waals surface area contributed by atoms with Gasteiger partial charge in [0.15, 0.2) is 0 Å². The van der Waals surface area contributed by atoms with Crippen LogP contribution in [0.5, 0.6) is 5.75 Å². The van der Waals surface area contributed by atoms with Gasteiger partial charge in [0.25, 0.3) is 0 Å². The van der Waals surface area contributed by atoms with E-state index in [-0.39, 0.29) is 10.9 Å². The predicted molar refractivity (Wildman–Crippen MR) is 99.3 cm³/mol. The fourth-order valence-electron chi connectivity index (χ4n) is 3.37. The summed E-state index contributed by atoms with van der Waals surface area (Å²) in [6.45, 7) is 0.499. The van der Waals surface area contributed by atoms with E-state index in [9.17, 15) is 8.42 Å². The Labute approximate surface area is 154 Å². The van der Waals surface area contributed by atoms with E-state index < -0.39 is 10.0 Å². The van der Waals surface area contributed by atoms with Crippen molar-refractivity contribution in [3.63, 3.8) is 0 Å². The van der Waals surface area contributed by atoms with Gasteiger partial charge < -0.3 is 4.74 Å². The summed E-state index contributed by atoms with van der Waals surface area (Å²) in [4.78, 5) is 0.233. The molecule has 6 heteroatoms. The zero-order valence-electron chi connectivity index (χ0n) is 14.8. The van der Waals surface area contributed by atoms with Crippen LogP contribution >= 0.6 is 0 Å². The van der Waals surface area contributed by atoms with Crippen LogP contribution in [0.1, 0.15) is 42.9 Å². The lowest BCUT2D eigenvalue weighted by atomic mass is 10.0. The molecule has 0 bridgehead atoms. The smallest absolute Gasteiger partial charge is 0.243 e. The molecule has 0 aromatic heterocycles. The Morgan fingerprint density at radius 1 is 1.04 bits per heavy atom. The van der Waals surface area contributed by atoms with Gasteiger partial charge in [-0.25, -0.2) is 8.42 Å². The largest absolute Gasteiger partial charge is 0.497 e. The van der Waals surface area contributed by atoms with E-state index in [4.69, 9.17) is 10.00 Å². The van der Waals surface area contributed by atoms with Gasteiger partial charge in [-0.3, -0.25) is 0 Å². The number of nitriles is 1. The van der Waals surface area contributed by atoms with E-state index in [2.05, 4.69) is 0 Å². The average molecular weight is 370 g/mol. The van der Waals surface area contributed by atoms with Crippen molar-refractivity contribution in [2.75, 3.05) is 13.7 Å². The van der Waals surface area contributed by atoms with Crippen LogP contribution in [-0.2, 0) is 10.0 Å². The molecular weight excluding hydrogens is 348 g/mol. The SMILES string of the molecule is COc1ccc([C@@H]2CCCCCN2S(=O)(=O)c2ccc(C#N)cc2)cc1. The highest BCUT2D eigenvalue weighted by atomic mass is 32.2. The molecule has 0 radical (unpaired) electrons. The van der Waals surface area contributed by atoms with Gasteiger partial charge in [-0.1, -0.05) is 25.0 Å². The van der Waals surface area contributed by atoms with E-state index in [1.807, 2.05) is 30.3 Å². The first-order valence-corrected chi connectivity index (χ1v) is 10.2. The number of rotatable bonds is 4. The lowest BCUT2D eigenvalue weighted by Crippen LogP contribution is -2.34. The van der Waals surface area contributed by atoms with Crippen molar-refractivity contribution in [2.24, 2.45) is 0 Å². The minimum absolute atomic E-state index is 0.191. The van der Waals surface area contributed by atoms with Crippen LogP contribution in [0.2, 0.25) is 0 Å². The maximum Gasteiger partial charge on any atom is 0.243 e. The van der Waals surface area contributed by atoms with Crippen LogP contribution < -0.4 is 4.74 Å². The van der Waals surface area contributed by atoms with Gasteiger partial charge in [0.05, 0.1) is 29.7 Å². The molecule has 0 saturated carbocycles. The van der Waals surface area contributed by atoms with Gasteiger partial charge >= 0.3 is 0 Å². The quantitative estimate of drug-likeness (QED) is 0.819. The summed E-state index contributed by atoms with van der Waals surface area (Å²) in [5.74, 6) is 0.754. The molecule has 0 amide bonds. The van der Waals surface area contributed by atoms with Crippen molar-refractivity contribution < 1.29 is 13.2 Å². The Balaban J connectivity index is 1.98. The summed E-state index contributed by atoms with van der Waals surface area (Å²) >= 11 is 0. The van der Waals surface area contributed by atoms with Gasteiger partial charge in [-0.05, 0) is 54.8 Å². The third-order valence-corrected chi connectivity index (χ3v) is 6.72. The average Bonchev–Trinajstić information content (AvgIpc) is 2.95. The number of sulfonamides is 1. The zero-order chi connectivity index (χ0) is 18.6. The molecule has 5 nitrogen and oxygen atoms in total. The normalized spacial score (nSPS) is 18.7. The molecule has 26 heavy (non-hydrogen) atoms. The summed E-state index contributed by atoms with van der Waals surface area (Å²) in [6.07, 6.45) is 3.66. The Morgan fingerprint density at radius 3 is 2.35 bits per heavy atom. The summed E-state index contributed by atoms with van der Waals surface area (Å²) in [5.41, 5.74) is 1.43. The topological polar surface area (TPSA) is 70.4 Å². The first-order chi connectivity index (χ1) is 12.6. The zero-order valence-corrected chi connectivity index (χ0v) is 15.6. The van der Waals surface area contributed by atoms with Crippen molar-refractivity contribution in [3.8, 4) is 11.8 Å². The van der Waals surface area contributed by atoms with Gasteiger partial charge in [0.2, 0.25) is 10.0 Å². The Kier molecular flexibility index (Phi) is 5.60. The minimum Gasteiger partial charge on any atom is -0.497 e. The fraction of sp³-hybridized carbons (Fsp3) is 0.350. The molecule has 0 aliphatic carbocycles. The number of benzene rings is 2. The Hall–Kier alpha value is -2.36. The van der Waals surface area contributed by atoms with Gasteiger partial charge in [-0.15, -0.1) is 0 Å². The highest BCUT2D eigenvalue weighted by Gasteiger charge is 2.33. The van der Waals surface area contributed by atoms with E-state index in [0.29, 0.717) is 12.1 Å². The summed E-state index contributed by atoms with van der Waals surface area (Å²) in [7, 11) is -2.02. The third-order valence-electron chi connectivity index (χ3n) is 4.79. The second-order valence-electron chi connectivity index (χ2n) is 6.39. The second-order valence-corrected chi connectivity index (χ2v) is 8.28. The van der Waals surface area contributed by atoms with Crippen LogP contribution in [0, 0.1) is 11.3 Å². The van der Waals surface area contributed by atoms with Crippen LogP contribution in [0.15, 0.2) is 53.4 Å². The molecule has 1 aliphatic heterocycles. The molecule has 3 rings (SSSR count). The molecule has 1 saturated heterocycles. The first kappa shape index (κ1) is 18.4. The highest BCUT2D eigenvalue weighted by molar-refractivity contribution is 7.89. The van der Waals surface area contributed by atoms with Crippen molar-refractivity contribution in [3.05, 3.63) is 59.7 Å². The molecule has 1 aliphatic rings. The van der Waals surface area contributed by atoms with Crippen molar-refractivity contribution >= 4 is 10.0 Å². The van der Waals surface area contributed by atoms with Crippen molar-refractivity contribution in [1.29, 1.82) is 5.26 Å². The van der Waals surface area contributed by atoms with Crippen LogP contribution in [0.4, 0.5) is 0 Å². The van der Waals surface area contributed by atoms with E-state index in [0.717, 1.165) is 37.0 Å². The van der Waals surface area contributed by atoms with Gasteiger partial charge in [0, 0.05) is 6.54 Å². The van der Waals surface area contributed by atoms with Crippen molar-refractivity contribution in [1.82, 2.24) is 4.31 Å². The molecule has 1 fully saturated rings. The first-order valence-electron chi connectivity index (χ1n) is 8.72. The molecule has 0 unspecified atom stereocenters. The summed E-state index contributed by atoms with van der Waals surface area (Å²) in [5, 5.41) is 8.93. The fourth-order valence-corrected chi connectivity index (χ4v) is 5.05. The maximum atomic E-state index is 13.3.